The van der Waals surface area contributed by atoms with Gasteiger partial charge in [0.1, 0.15) is 0 Å². The maximum absolute atomic E-state index is 12.6. The molecular weight excluding hydrogens is 388 g/mol. The second-order valence-corrected chi connectivity index (χ2v) is 10.7. The third kappa shape index (κ3) is 4.60. The maximum Gasteiger partial charge on any atom is 0.262 e. The summed E-state index contributed by atoms with van der Waals surface area (Å²) in [7, 11) is -6.95. The molecule has 1 heterocycles. The summed E-state index contributed by atoms with van der Waals surface area (Å²) in [6.45, 7) is 3.64. The van der Waals surface area contributed by atoms with Crippen molar-refractivity contribution < 1.29 is 21.9 Å². The summed E-state index contributed by atoms with van der Waals surface area (Å²) in [5.41, 5.74) is 2.64. The molecule has 0 radical (unpaired) electrons. The van der Waals surface area contributed by atoms with Crippen LogP contribution in [0, 0.1) is 13.8 Å². The molecule has 0 bridgehead atoms. The predicted molar refractivity (Wildman–Crippen MR) is 105 cm³/mol. The van der Waals surface area contributed by atoms with Crippen LogP contribution in [0.1, 0.15) is 11.1 Å². The highest BCUT2D eigenvalue weighted by atomic mass is 32.2. The van der Waals surface area contributed by atoms with Crippen molar-refractivity contribution in [3.05, 3.63) is 53.6 Å². The summed E-state index contributed by atoms with van der Waals surface area (Å²) in [4.78, 5) is 0.217. The number of aliphatic hydroxyl groups excluding tert-OH is 1. The van der Waals surface area contributed by atoms with E-state index in [1.165, 1.54) is 0 Å². The number of anilines is 2. The quantitative estimate of drug-likeness (QED) is 0.691. The number of aliphatic hydroxyl groups is 1. The highest BCUT2D eigenvalue weighted by molar-refractivity contribution is 7.92. The van der Waals surface area contributed by atoms with Crippen LogP contribution in [0.25, 0.3) is 0 Å². The van der Waals surface area contributed by atoms with Gasteiger partial charge in [-0.2, -0.15) is 0 Å². The number of benzene rings is 2. The van der Waals surface area contributed by atoms with Gasteiger partial charge in [0.05, 0.1) is 28.5 Å². The zero-order chi connectivity index (χ0) is 19.8. The van der Waals surface area contributed by atoms with Crippen molar-refractivity contribution in [1.82, 2.24) is 0 Å². The molecule has 27 heavy (non-hydrogen) atoms. The maximum atomic E-state index is 12.6. The largest absolute Gasteiger partial charge is 0.390 e. The molecule has 0 amide bonds. The molecule has 0 saturated carbocycles. The lowest BCUT2D eigenvalue weighted by Gasteiger charge is -2.17. The molecular formula is C18H22N2O5S2. The number of nitrogens with one attached hydrogen (secondary N) is 2. The van der Waals surface area contributed by atoms with Crippen molar-refractivity contribution in [1.29, 1.82) is 0 Å². The molecule has 1 aliphatic heterocycles. The van der Waals surface area contributed by atoms with Crippen molar-refractivity contribution in [3.8, 4) is 0 Å². The van der Waals surface area contributed by atoms with Gasteiger partial charge in [-0.15, -0.1) is 0 Å². The smallest absolute Gasteiger partial charge is 0.262 e. The SMILES string of the molecule is Cc1ccc(S(=O)(=O)Nc2ccc(N[C@@H]3CS(=O)(=O)C[C@@H]3O)cc2)c(C)c1. The fraction of sp³-hybridized carbons (Fsp3) is 0.333. The molecule has 3 rings (SSSR count). The molecule has 146 valence electrons. The van der Waals surface area contributed by atoms with Gasteiger partial charge in [-0.25, -0.2) is 16.8 Å². The number of aryl methyl sites for hydroxylation is 2. The van der Waals surface area contributed by atoms with Gasteiger partial charge in [0.25, 0.3) is 10.0 Å². The molecule has 9 heteroatoms. The van der Waals surface area contributed by atoms with Crippen LogP contribution in [0.15, 0.2) is 47.4 Å². The Morgan fingerprint density at radius 2 is 1.63 bits per heavy atom. The normalized spacial score (nSPS) is 21.7. The van der Waals surface area contributed by atoms with E-state index in [9.17, 15) is 21.9 Å². The first kappa shape index (κ1) is 19.7. The first-order valence-electron chi connectivity index (χ1n) is 8.41. The number of sulfonamides is 1. The Balaban J connectivity index is 1.72. The Hall–Kier alpha value is -2.10. The zero-order valence-corrected chi connectivity index (χ0v) is 16.6. The predicted octanol–water partition coefficient (Wildman–Crippen LogP) is 1.67. The molecule has 2 aromatic carbocycles. The fourth-order valence-corrected chi connectivity index (χ4v) is 6.15. The van der Waals surface area contributed by atoms with Crippen molar-refractivity contribution >= 4 is 31.2 Å². The van der Waals surface area contributed by atoms with E-state index in [4.69, 9.17) is 0 Å². The number of rotatable bonds is 5. The first-order chi connectivity index (χ1) is 12.6. The summed E-state index contributed by atoms with van der Waals surface area (Å²) in [6.07, 6.45) is -0.960. The first-order valence-corrected chi connectivity index (χ1v) is 11.7. The second kappa shape index (κ2) is 7.14. The Bertz CT molecular complexity index is 1050. The average molecular weight is 411 g/mol. The van der Waals surface area contributed by atoms with Crippen molar-refractivity contribution in [3.63, 3.8) is 0 Å². The molecule has 1 fully saturated rings. The van der Waals surface area contributed by atoms with Gasteiger partial charge in [0, 0.05) is 11.4 Å². The summed E-state index contributed by atoms with van der Waals surface area (Å²) in [5.74, 6) is -0.381. The molecule has 0 aliphatic carbocycles. The van der Waals surface area contributed by atoms with Crippen molar-refractivity contribution in [2.24, 2.45) is 0 Å². The molecule has 0 aromatic heterocycles. The van der Waals surface area contributed by atoms with Crippen molar-refractivity contribution in [2.45, 2.75) is 30.9 Å². The van der Waals surface area contributed by atoms with Crippen LogP contribution in [0.2, 0.25) is 0 Å². The van der Waals surface area contributed by atoms with Gasteiger partial charge >= 0.3 is 0 Å². The fourth-order valence-electron chi connectivity index (χ4n) is 3.13. The molecule has 0 spiro atoms. The van der Waals surface area contributed by atoms with E-state index in [0.29, 0.717) is 16.9 Å². The topological polar surface area (TPSA) is 113 Å². The van der Waals surface area contributed by atoms with E-state index < -0.39 is 32.0 Å². The zero-order valence-electron chi connectivity index (χ0n) is 15.0. The molecule has 0 unspecified atom stereocenters. The monoisotopic (exact) mass is 410 g/mol. The van der Waals surface area contributed by atoms with Crippen molar-refractivity contribution in [2.75, 3.05) is 21.5 Å². The van der Waals surface area contributed by atoms with E-state index in [2.05, 4.69) is 10.0 Å². The number of hydrogen-bond donors (Lipinski definition) is 3. The molecule has 7 nitrogen and oxygen atoms in total. The third-order valence-electron chi connectivity index (χ3n) is 4.43. The van der Waals surface area contributed by atoms with Gasteiger partial charge in [-0.05, 0) is 49.7 Å². The Kier molecular flexibility index (Phi) is 5.20. The van der Waals surface area contributed by atoms with E-state index in [1.54, 1.807) is 43.3 Å². The summed E-state index contributed by atoms with van der Waals surface area (Å²) in [5, 5.41) is 12.8. The van der Waals surface area contributed by atoms with Gasteiger partial charge in [-0.3, -0.25) is 4.72 Å². The Morgan fingerprint density at radius 3 is 2.19 bits per heavy atom. The van der Waals surface area contributed by atoms with Gasteiger partial charge in [0.2, 0.25) is 0 Å². The van der Waals surface area contributed by atoms with Gasteiger partial charge in [0.15, 0.2) is 9.84 Å². The van der Waals surface area contributed by atoms with Gasteiger partial charge in [-0.1, -0.05) is 17.7 Å². The lowest BCUT2D eigenvalue weighted by atomic mass is 10.2. The summed E-state index contributed by atoms with van der Waals surface area (Å²) < 4.78 is 50.8. The number of hydrogen-bond acceptors (Lipinski definition) is 6. The van der Waals surface area contributed by atoms with Crippen LogP contribution in [0.5, 0.6) is 0 Å². The van der Waals surface area contributed by atoms with E-state index >= 15 is 0 Å². The van der Waals surface area contributed by atoms with Crippen LogP contribution in [-0.4, -0.2) is 45.6 Å². The van der Waals surface area contributed by atoms with E-state index in [1.807, 2.05) is 13.0 Å². The minimum Gasteiger partial charge on any atom is -0.390 e. The standard InChI is InChI=1S/C18H22N2O5S2/c1-12-3-8-18(13(2)9-12)27(24,25)20-15-6-4-14(5-7-15)19-16-10-26(22,23)11-17(16)21/h3-9,16-17,19-21H,10-11H2,1-2H3/t16-,17+/m1/s1. The molecule has 2 aromatic rings. The Morgan fingerprint density at radius 1 is 1.00 bits per heavy atom. The molecule has 1 aliphatic rings. The van der Waals surface area contributed by atoms with Crippen LogP contribution in [-0.2, 0) is 19.9 Å². The lowest BCUT2D eigenvalue weighted by Crippen LogP contribution is -2.31. The number of sulfone groups is 1. The lowest BCUT2D eigenvalue weighted by molar-refractivity contribution is 0.190. The minimum absolute atomic E-state index is 0.130. The summed E-state index contributed by atoms with van der Waals surface area (Å²) in [6, 6.07) is 11.0. The van der Waals surface area contributed by atoms with Crippen LogP contribution < -0.4 is 10.0 Å². The van der Waals surface area contributed by atoms with Crippen LogP contribution in [0.4, 0.5) is 11.4 Å². The molecule has 2 atom stereocenters. The third-order valence-corrected chi connectivity index (χ3v) is 7.69. The molecule has 1 saturated heterocycles. The van der Waals surface area contributed by atoms with Crippen LogP contribution >= 0.6 is 0 Å². The second-order valence-electron chi connectivity index (χ2n) is 6.85. The minimum atomic E-state index is -3.71. The Labute approximate surface area is 159 Å². The molecule has 3 N–H and O–H groups in total. The highest BCUT2D eigenvalue weighted by Gasteiger charge is 2.36. The van der Waals surface area contributed by atoms with Gasteiger partial charge < -0.3 is 10.4 Å². The van der Waals surface area contributed by atoms with E-state index in [0.717, 1.165) is 5.56 Å². The van der Waals surface area contributed by atoms with E-state index in [-0.39, 0.29) is 16.4 Å². The summed E-state index contributed by atoms with van der Waals surface area (Å²) >= 11 is 0. The highest BCUT2D eigenvalue weighted by Crippen LogP contribution is 2.23. The average Bonchev–Trinajstić information content (AvgIpc) is 2.80. The van der Waals surface area contributed by atoms with Crippen LogP contribution in [0.3, 0.4) is 0 Å².